The van der Waals surface area contributed by atoms with Crippen LogP contribution in [0, 0.1) is 26.0 Å². The van der Waals surface area contributed by atoms with Gasteiger partial charge in [-0.05, 0) is 0 Å². The maximum absolute atomic E-state index is 11.2. The van der Waals surface area contributed by atoms with Gasteiger partial charge in [0.2, 0.25) is 5.91 Å². The molecule has 1 aliphatic heterocycles. The molecule has 0 saturated heterocycles. The van der Waals surface area contributed by atoms with Crippen molar-refractivity contribution >= 4 is 17.4 Å². The van der Waals surface area contributed by atoms with Gasteiger partial charge in [-0.25, -0.2) is 11.1 Å². The first kappa shape index (κ1) is 29.8. The maximum Gasteiger partial charge on any atom is 0.231 e. The number of benzene rings is 1. The normalized spacial score (nSPS) is 10.3. The van der Waals surface area contributed by atoms with Crippen molar-refractivity contribution in [2.45, 2.75) is 13.8 Å². The van der Waals surface area contributed by atoms with Crippen LogP contribution < -0.4 is 5.32 Å². The predicted molar refractivity (Wildman–Crippen MR) is 46.5 cm³/mol. The standard InChI is InChI=1S/C10H7NO2.5Y/c1-5-3-7-8(4-6(5)2)11-10(13)9(7)12;;;;;/h1-2H3,(H,11,12,13);;;;;/q-2;;;;;. The number of amides is 1. The summed E-state index contributed by atoms with van der Waals surface area (Å²) in [6, 6.07) is 5.80. The van der Waals surface area contributed by atoms with Gasteiger partial charge in [-0.15, -0.1) is 6.92 Å². The topological polar surface area (TPSA) is 46.2 Å². The second kappa shape index (κ2) is 13.3. The number of aryl methyl sites for hydroxylation is 2. The number of ketones is 1. The van der Waals surface area contributed by atoms with E-state index >= 15 is 0 Å². The maximum atomic E-state index is 11.2. The number of rotatable bonds is 0. The summed E-state index contributed by atoms with van der Waals surface area (Å²) in [6.45, 7) is 3.70. The Morgan fingerprint density at radius 1 is 0.833 bits per heavy atom. The van der Waals surface area contributed by atoms with Gasteiger partial charge >= 0.3 is 0 Å². The molecule has 3 nitrogen and oxygen atoms in total. The summed E-state index contributed by atoms with van der Waals surface area (Å²) in [7, 11) is 0. The first-order chi connectivity index (χ1) is 6.09. The van der Waals surface area contributed by atoms with Gasteiger partial charge < -0.3 is 10.1 Å². The number of hydrogen-bond acceptors (Lipinski definition) is 2. The fraction of sp³-hybridized carbons (Fsp3) is 0.200. The summed E-state index contributed by atoms with van der Waals surface area (Å²) in [6.07, 6.45) is 0. The zero-order valence-electron chi connectivity index (χ0n) is 10.2. The number of hydrogen-bond donors (Lipinski definition) is 1. The monoisotopic (exact) mass is 618 g/mol. The Bertz CT molecular complexity index is 437. The van der Waals surface area contributed by atoms with Crippen molar-refractivity contribution in [3.63, 3.8) is 0 Å². The third kappa shape index (κ3) is 6.97. The molecule has 1 amide bonds. The summed E-state index contributed by atoms with van der Waals surface area (Å²) in [4.78, 5) is 22.1. The minimum Gasteiger partial charge on any atom is -0.392 e. The van der Waals surface area contributed by atoms with Crippen molar-refractivity contribution in [3.05, 3.63) is 28.8 Å². The number of nitrogens with one attached hydrogen (secondary N) is 1. The Morgan fingerprint density at radius 2 is 1.28 bits per heavy atom. The Balaban J connectivity index is -0.000000196. The molecule has 0 unspecified atom stereocenters. The molecule has 1 aliphatic rings. The van der Waals surface area contributed by atoms with Crippen LogP contribution >= 0.6 is 0 Å². The van der Waals surface area contributed by atoms with E-state index < -0.39 is 11.7 Å². The van der Waals surface area contributed by atoms with E-state index in [4.69, 9.17) is 0 Å². The van der Waals surface area contributed by atoms with E-state index in [2.05, 4.69) is 17.4 Å². The summed E-state index contributed by atoms with van der Waals surface area (Å²) in [5, 5.41) is 2.44. The van der Waals surface area contributed by atoms with Crippen LogP contribution in [0.4, 0.5) is 5.69 Å². The van der Waals surface area contributed by atoms with Crippen molar-refractivity contribution in [2.24, 2.45) is 0 Å². The van der Waals surface area contributed by atoms with Crippen LogP contribution in [0.2, 0.25) is 0 Å². The Kier molecular flexibility index (Phi) is 22.1. The van der Waals surface area contributed by atoms with Crippen LogP contribution in [0.3, 0.4) is 0 Å². The van der Waals surface area contributed by atoms with E-state index in [0.717, 1.165) is 11.1 Å². The molecule has 0 aromatic heterocycles. The van der Waals surface area contributed by atoms with Crippen LogP contribution in [0.1, 0.15) is 21.5 Å². The third-order valence-electron chi connectivity index (χ3n) is 2.11. The largest absolute Gasteiger partial charge is 0.392 e. The summed E-state index contributed by atoms with van der Waals surface area (Å²) in [5.41, 5.74) is 2.52. The predicted octanol–water partition coefficient (Wildman–Crippen LogP) is 1.03. The van der Waals surface area contributed by atoms with Crippen molar-refractivity contribution in [1.82, 2.24) is 0 Å². The number of anilines is 1. The first-order valence-electron chi connectivity index (χ1n) is 3.91. The van der Waals surface area contributed by atoms with Crippen molar-refractivity contribution < 1.29 is 173 Å². The van der Waals surface area contributed by atoms with E-state index in [-0.39, 0.29) is 164 Å². The van der Waals surface area contributed by atoms with E-state index in [9.17, 15) is 9.59 Å². The van der Waals surface area contributed by atoms with E-state index in [1.54, 1.807) is 0 Å². The van der Waals surface area contributed by atoms with Crippen LogP contribution in [-0.2, 0) is 168 Å². The van der Waals surface area contributed by atoms with E-state index in [1.165, 1.54) is 0 Å². The molecule has 18 heavy (non-hydrogen) atoms. The first-order valence-corrected chi connectivity index (χ1v) is 3.91. The van der Waals surface area contributed by atoms with Crippen LogP contribution in [0.15, 0.2) is 0 Å². The number of carbonyl (C=O) groups is 2. The van der Waals surface area contributed by atoms with Crippen LogP contribution in [-0.4, -0.2) is 11.7 Å². The van der Waals surface area contributed by atoms with Gasteiger partial charge in [0.25, 0.3) is 0 Å². The van der Waals surface area contributed by atoms with Gasteiger partial charge in [0.05, 0.1) is 0 Å². The molecule has 1 aromatic rings. The molecule has 2 rings (SSSR count). The van der Waals surface area contributed by atoms with Gasteiger partial charge in [-0.3, -0.25) is 16.9 Å². The molecule has 0 atom stereocenters. The van der Waals surface area contributed by atoms with Gasteiger partial charge in [0.1, 0.15) is 5.78 Å². The smallest absolute Gasteiger partial charge is 0.231 e. The van der Waals surface area contributed by atoms with Gasteiger partial charge in [0, 0.05) is 164 Å². The molecule has 0 bridgehead atoms. The minimum atomic E-state index is -0.590. The van der Waals surface area contributed by atoms with Crippen molar-refractivity contribution in [3.8, 4) is 0 Å². The SMILES string of the molecule is Cc1[c-]c2c([c-]c1C)C(=O)C(=O)N2.[Y].[Y].[Y].[Y].[Y]. The minimum absolute atomic E-state index is 0. The Labute approximate surface area is 233 Å². The summed E-state index contributed by atoms with van der Waals surface area (Å²) in [5.74, 6) is -1.11. The number of fused-ring (bicyclic) bond motifs is 1. The zero-order valence-corrected chi connectivity index (χ0v) is 24.4. The molecule has 0 saturated carbocycles. The molecule has 81 valence electrons. The van der Waals surface area contributed by atoms with Crippen LogP contribution in [0.25, 0.3) is 0 Å². The molecule has 5 radical (unpaired) electrons. The van der Waals surface area contributed by atoms with Crippen molar-refractivity contribution in [1.29, 1.82) is 0 Å². The average molecular weight is 618 g/mol. The molecule has 0 spiro atoms. The Hall–Kier alpha value is 3.88. The van der Waals surface area contributed by atoms with Gasteiger partial charge in [-0.1, -0.05) is 6.92 Å². The van der Waals surface area contributed by atoms with E-state index in [0.29, 0.717) is 11.3 Å². The molecule has 1 N–H and O–H groups in total. The second-order valence-electron chi connectivity index (χ2n) is 3.03. The second-order valence-corrected chi connectivity index (χ2v) is 3.03. The van der Waals surface area contributed by atoms with Crippen LogP contribution in [0.5, 0.6) is 0 Å². The molecule has 1 heterocycles. The fourth-order valence-corrected chi connectivity index (χ4v) is 1.24. The molecule has 8 heteroatoms. The number of carbonyl (C=O) groups excluding carboxylic acids is 2. The third-order valence-corrected chi connectivity index (χ3v) is 2.11. The molecule has 0 aliphatic carbocycles. The van der Waals surface area contributed by atoms with Gasteiger partial charge in [-0.2, -0.15) is 11.3 Å². The quantitative estimate of drug-likeness (QED) is 0.350. The van der Waals surface area contributed by atoms with Crippen molar-refractivity contribution in [2.75, 3.05) is 5.32 Å². The zero-order chi connectivity index (χ0) is 9.59. The van der Waals surface area contributed by atoms with Gasteiger partial charge in [0.15, 0.2) is 0 Å². The average Bonchev–Trinajstić information content (AvgIpc) is 2.32. The number of Topliss-reactive ketones (excluding diaryl/α,β-unsaturated/α-hetero) is 1. The van der Waals surface area contributed by atoms with E-state index in [1.807, 2.05) is 13.8 Å². The molecular formula is C10H7NO2Y5-2. The molecule has 1 aromatic carbocycles. The fourth-order valence-electron chi connectivity index (χ4n) is 1.24. The summed E-state index contributed by atoms with van der Waals surface area (Å²) >= 11 is 0. The Morgan fingerprint density at radius 3 is 1.78 bits per heavy atom. The molecular weight excluding hydrogens is 611 g/mol. The summed E-state index contributed by atoms with van der Waals surface area (Å²) < 4.78 is 0. The molecule has 0 fully saturated rings.